The van der Waals surface area contributed by atoms with Crippen LogP contribution in [0.15, 0.2) is 9.21 Å². The van der Waals surface area contributed by atoms with Gasteiger partial charge in [-0.3, -0.25) is 4.79 Å². The molecular formula is C8H10O4. The molecule has 1 aromatic heterocycles. The maximum Gasteiger partial charge on any atom is 0.230 e. The highest BCUT2D eigenvalue weighted by molar-refractivity contribution is 5.29. The molecule has 0 atom stereocenters. The SMILES string of the molecule is Cc1oc(CO)c(O)c(=O)c1C. The highest BCUT2D eigenvalue weighted by atomic mass is 16.4. The van der Waals surface area contributed by atoms with Gasteiger partial charge in [-0.1, -0.05) is 0 Å². The normalized spacial score (nSPS) is 10.2. The van der Waals surface area contributed by atoms with Gasteiger partial charge in [-0.05, 0) is 13.8 Å². The van der Waals surface area contributed by atoms with Gasteiger partial charge in [0.05, 0.1) is 0 Å². The van der Waals surface area contributed by atoms with Crippen LogP contribution in [0.2, 0.25) is 0 Å². The molecule has 0 radical (unpaired) electrons. The molecule has 0 bridgehead atoms. The lowest BCUT2D eigenvalue weighted by atomic mass is 10.2. The van der Waals surface area contributed by atoms with Gasteiger partial charge in [-0.25, -0.2) is 0 Å². The van der Waals surface area contributed by atoms with Crippen molar-refractivity contribution in [3.8, 4) is 5.75 Å². The summed E-state index contributed by atoms with van der Waals surface area (Å²) in [6.07, 6.45) is 0. The molecule has 0 fully saturated rings. The molecule has 0 aromatic carbocycles. The average Bonchev–Trinajstić information content (AvgIpc) is 2.08. The van der Waals surface area contributed by atoms with Crippen molar-refractivity contribution in [1.82, 2.24) is 0 Å². The quantitative estimate of drug-likeness (QED) is 0.642. The van der Waals surface area contributed by atoms with Gasteiger partial charge >= 0.3 is 0 Å². The number of aromatic hydroxyl groups is 1. The molecule has 0 amide bonds. The average molecular weight is 170 g/mol. The van der Waals surface area contributed by atoms with Gasteiger partial charge in [0.15, 0.2) is 5.76 Å². The van der Waals surface area contributed by atoms with Crippen LogP contribution < -0.4 is 5.43 Å². The van der Waals surface area contributed by atoms with Gasteiger partial charge in [-0.15, -0.1) is 0 Å². The second kappa shape index (κ2) is 2.98. The van der Waals surface area contributed by atoms with Crippen molar-refractivity contribution in [2.45, 2.75) is 20.5 Å². The van der Waals surface area contributed by atoms with E-state index in [0.717, 1.165) is 0 Å². The molecule has 0 saturated heterocycles. The predicted octanol–water partition coefficient (Wildman–Crippen LogP) is 0.455. The molecule has 0 saturated carbocycles. The highest BCUT2D eigenvalue weighted by Gasteiger charge is 2.11. The first-order valence-electron chi connectivity index (χ1n) is 3.51. The van der Waals surface area contributed by atoms with Crippen molar-refractivity contribution in [3.63, 3.8) is 0 Å². The Morgan fingerprint density at radius 2 is 2.00 bits per heavy atom. The second-order valence-electron chi connectivity index (χ2n) is 2.54. The summed E-state index contributed by atoms with van der Waals surface area (Å²) in [5.74, 6) is -0.162. The molecule has 1 heterocycles. The van der Waals surface area contributed by atoms with E-state index in [9.17, 15) is 4.79 Å². The third-order valence-corrected chi connectivity index (χ3v) is 1.77. The molecular weight excluding hydrogens is 160 g/mol. The first-order chi connectivity index (χ1) is 5.57. The topological polar surface area (TPSA) is 70.7 Å². The van der Waals surface area contributed by atoms with Crippen LogP contribution in [-0.2, 0) is 6.61 Å². The van der Waals surface area contributed by atoms with Crippen LogP contribution in [0.3, 0.4) is 0 Å². The first-order valence-corrected chi connectivity index (χ1v) is 3.51. The van der Waals surface area contributed by atoms with E-state index in [2.05, 4.69) is 0 Å². The number of hydrogen-bond donors (Lipinski definition) is 2. The maximum absolute atomic E-state index is 11.1. The second-order valence-corrected chi connectivity index (χ2v) is 2.54. The number of aryl methyl sites for hydroxylation is 1. The van der Waals surface area contributed by atoms with E-state index in [1.165, 1.54) is 0 Å². The summed E-state index contributed by atoms with van der Waals surface area (Å²) in [5.41, 5.74) is -0.118. The Balaban J connectivity index is 3.50. The first kappa shape index (κ1) is 8.80. The molecule has 0 aliphatic heterocycles. The summed E-state index contributed by atoms with van der Waals surface area (Å²) in [4.78, 5) is 11.1. The van der Waals surface area contributed by atoms with Crippen molar-refractivity contribution in [2.75, 3.05) is 0 Å². The number of aliphatic hydroxyl groups is 1. The fourth-order valence-corrected chi connectivity index (χ4v) is 0.881. The number of rotatable bonds is 1. The van der Waals surface area contributed by atoms with Crippen molar-refractivity contribution in [2.24, 2.45) is 0 Å². The molecule has 66 valence electrons. The van der Waals surface area contributed by atoms with Crippen LogP contribution in [0, 0.1) is 13.8 Å². The Morgan fingerprint density at radius 1 is 1.42 bits per heavy atom. The van der Waals surface area contributed by atoms with E-state index in [4.69, 9.17) is 14.6 Å². The minimum atomic E-state index is -0.499. The van der Waals surface area contributed by atoms with Gasteiger partial charge in [-0.2, -0.15) is 0 Å². The van der Waals surface area contributed by atoms with E-state index < -0.39 is 17.8 Å². The summed E-state index contributed by atoms with van der Waals surface area (Å²) in [5, 5.41) is 17.8. The van der Waals surface area contributed by atoms with Crippen molar-refractivity contribution < 1.29 is 14.6 Å². The van der Waals surface area contributed by atoms with Gasteiger partial charge in [0, 0.05) is 5.56 Å². The van der Waals surface area contributed by atoms with Crippen molar-refractivity contribution in [3.05, 3.63) is 27.3 Å². The molecule has 4 heteroatoms. The molecule has 12 heavy (non-hydrogen) atoms. The number of hydrogen-bond acceptors (Lipinski definition) is 4. The lowest BCUT2D eigenvalue weighted by Gasteiger charge is -2.03. The minimum absolute atomic E-state index is 0.0805. The third kappa shape index (κ3) is 1.21. The minimum Gasteiger partial charge on any atom is -0.502 e. The van der Waals surface area contributed by atoms with Crippen LogP contribution >= 0.6 is 0 Å². The van der Waals surface area contributed by atoms with Crippen LogP contribution in [0.5, 0.6) is 5.75 Å². The zero-order valence-corrected chi connectivity index (χ0v) is 6.92. The highest BCUT2D eigenvalue weighted by Crippen LogP contribution is 2.15. The van der Waals surface area contributed by atoms with E-state index in [0.29, 0.717) is 11.3 Å². The lowest BCUT2D eigenvalue weighted by molar-refractivity contribution is 0.229. The van der Waals surface area contributed by atoms with Gasteiger partial charge < -0.3 is 14.6 Å². The van der Waals surface area contributed by atoms with E-state index >= 15 is 0 Å². The summed E-state index contributed by atoms with van der Waals surface area (Å²) in [7, 11) is 0. The fourth-order valence-electron chi connectivity index (χ4n) is 0.881. The molecule has 1 rings (SSSR count). The van der Waals surface area contributed by atoms with E-state index in [1.807, 2.05) is 0 Å². The summed E-state index contributed by atoms with van der Waals surface area (Å²) < 4.78 is 4.97. The predicted molar refractivity (Wildman–Crippen MR) is 42.0 cm³/mol. The van der Waals surface area contributed by atoms with E-state index in [-0.39, 0.29) is 5.76 Å². The standard InChI is InChI=1S/C8H10O4/c1-4-5(2)12-6(3-9)8(11)7(4)10/h9,11H,3H2,1-2H3. The molecule has 2 N–H and O–H groups in total. The molecule has 0 unspecified atom stereocenters. The Bertz CT molecular complexity index is 351. The summed E-state index contributed by atoms with van der Waals surface area (Å²) >= 11 is 0. The Hall–Kier alpha value is -1.29. The maximum atomic E-state index is 11.1. The van der Waals surface area contributed by atoms with Crippen LogP contribution in [0.4, 0.5) is 0 Å². The van der Waals surface area contributed by atoms with Crippen LogP contribution in [0.1, 0.15) is 17.1 Å². The molecule has 0 aliphatic carbocycles. The fraction of sp³-hybridized carbons (Fsp3) is 0.375. The largest absolute Gasteiger partial charge is 0.502 e. The van der Waals surface area contributed by atoms with Gasteiger partial charge in [0.2, 0.25) is 11.2 Å². The van der Waals surface area contributed by atoms with E-state index in [1.54, 1.807) is 13.8 Å². The summed E-state index contributed by atoms with van der Waals surface area (Å²) in [6, 6.07) is 0. The number of aliphatic hydroxyl groups excluding tert-OH is 1. The van der Waals surface area contributed by atoms with Crippen molar-refractivity contribution in [1.29, 1.82) is 0 Å². The summed E-state index contributed by atoms with van der Waals surface area (Å²) in [6.45, 7) is 2.69. The van der Waals surface area contributed by atoms with Crippen LogP contribution in [-0.4, -0.2) is 10.2 Å². The zero-order chi connectivity index (χ0) is 9.30. The van der Waals surface area contributed by atoms with Crippen molar-refractivity contribution >= 4 is 0 Å². The zero-order valence-electron chi connectivity index (χ0n) is 6.92. The Kier molecular flexibility index (Phi) is 2.19. The monoisotopic (exact) mass is 170 g/mol. The smallest absolute Gasteiger partial charge is 0.230 e. The van der Waals surface area contributed by atoms with Crippen LogP contribution in [0.25, 0.3) is 0 Å². The molecule has 4 nitrogen and oxygen atoms in total. The Labute approximate surface area is 69.1 Å². The molecule has 1 aromatic rings. The van der Waals surface area contributed by atoms with Gasteiger partial charge in [0.25, 0.3) is 0 Å². The lowest BCUT2D eigenvalue weighted by Crippen LogP contribution is -2.08. The molecule has 0 spiro atoms. The Morgan fingerprint density at radius 3 is 2.50 bits per heavy atom. The molecule has 0 aliphatic rings. The van der Waals surface area contributed by atoms with Gasteiger partial charge in [0.1, 0.15) is 12.4 Å². The third-order valence-electron chi connectivity index (χ3n) is 1.77.